The summed E-state index contributed by atoms with van der Waals surface area (Å²) in [5.41, 5.74) is 7.50. The lowest BCUT2D eigenvalue weighted by atomic mass is 9.73. The fourth-order valence-corrected chi connectivity index (χ4v) is 3.13. The zero-order valence-electron chi connectivity index (χ0n) is 11.5. The van der Waals surface area contributed by atoms with Gasteiger partial charge < -0.3 is 5.73 Å². The van der Waals surface area contributed by atoms with Gasteiger partial charge in [-0.25, -0.2) is 0 Å². The molecular formula is C16H17F3N2. The molecule has 21 heavy (non-hydrogen) atoms. The highest BCUT2D eigenvalue weighted by atomic mass is 19.4. The normalized spacial score (nSPS) is 27.0. The average molecular weight is 294 g/mol. The number of alkyl halides is 3. The quantitative estimate of drug-likeness (QED) is 0.858. The third-order valence-corrected chi connectivity index (χ3v) is 4.52. The van der Waals surface area contributed by atoms with Crippen LogP contribution in [0.3, 0.4) is 0 Å². The minimum Gasteiger partial charge on any atom is -0.321 e. The topological polar surface area (TPSA) is 38.9 Å². The van der Waals surface area contributed by atoms with Gasteiger partial charge in [-0.3, -0.25) is 4.98 Å². The molecule has 2 N–H and O–H groups in total. The van der Waals surface area contributed by atoms with Crippen molar-refractivity contribution in [1.29, 1.82) is 0 Å². The second-order valence-corrected chi connectivity index (χ2v) is 5.88. The number of benzene rings is 1. The van der Waals surface area contributed by atoms with Crippen LogP contribution in [0.4, 0.5) is 13.2 Å². The van der Waals surface area contributed by atoms with Crippen molar-refractivity contribution >= 4 is 10.9 Å². The molecule has 1 fully saturated rings. The van der Waals surface area contributed by atoms with E-state index in [1.165, 1.54) is 0 Å². The van der Waals surface area contributed by atoms with E-state index in [2.05, 4.69) is 4.98 Å². The molecule has 1 aliphatic carbocycles. The predicted molar refractivity (Wildman–Crippen MR) is 75.6 cm³/mol. The summed E-state index contributed by atoms with van der Waals surface area (Å²) in [6, 6.07) is 9.51. The van der Waals surface area contributed by atoms with Crippen LogP contribution in [0.25, 0.3) is 10.9 Å². The van der Waals surface area contributed by atoms with Crippen molar-refractivity contribution in [3.63, 3.8) is 0 Å². The summed E-state index contributed by atoms with van der Waals surface area (Å²) in [6.07, 6.45) is -1.45. The molecule has 1 aromatic heterocycles. The van der Waals surface area contributed by atoms with Gasteiger partial charge >= 0.3 is 6.18 Å². The van der Waals surface area contributed by atoms with Gasteiger partial charge in [0.05, 0.1) is 11.4 Å². The highest BCUT2D eigenvalue weighted by molar-refractivity contribution is 5.79. The van der Waals surface area contributed by atoms with E-state index in [0.717, 1.165) is 16.5 Å². The molecule has 2 aromatic rings. The Kier molecular flexibility index (Phi) is 3.40. The Labute approximate surface area is 121 Å². The Morgan fingerprint density at radius 2 is 1.86 bits per heavy atom. The Bertz CT molecular complexity index is 643. The number of pyridine rings is 1. The maximum atomic E-state index is 12.8. The van der Waals surface area contributed by atoms with E-state index < -0.39 is 17.6 Å². The molecule has 5 heteroatoms. The van der Waals surface area contributed by atoms with Crippen LogP contribution in [-0.2, 0) is 5.54 Å². The van der Waals surface area contributed by atoms with Crippen LogP contribution < -0.4 is 5.73 Å². The number of hydrogen-bond acceptors (Lipinski definition) is 2. The predicted octanol–water partition coefficient (Wildman–Crippen LogP) is 4.14. The molecule has 1 heterocycles. The number of hydrogen-bond donors (Lipinski definition) is 1. The average Bonchev–Trinajstić information content (AvgIpc) is 2.46. The maximum Gasteiger partial charge on any atom is 0.391 e. The van der Waals surface area contributed by atoms with Gasteiger partial charge in [0.15, 0.2) is 0 Å². The number of halogens is 3. The maximum absolute atomic E-state index is 12.8. The van der Waals surface area contributed by atoms with Crippen LogP contribution in [0.15, 0.2) is 36.5 Å². The van der Waals surface area contributed by atoms with E-state index in [0.29, 0.717) is 12.8 Å². The molecule has 0 saturated heterocycles. The molecule has 1 aliphatic rings. The highest BCUT2D eigenvalue weighted by Crippen LogP contribution is 2.44. The van der Waals surface area contributed by atoms with Crippen molar-refractivity contribution in [3.8, 4) is 0 Å². The first-order chi connectivity index (χ1) is 9.88. The molecule has 3 rings (SSSR count). The third-order valence-electron chi connectivity index (χ3n) is 4.52. The third kappa shape index (κ3) is 2.75. The van der Waals surface area contributed by atoms with Crippen molar-refractivity contribution in [3.05, 3.63) is 42.1 Å². The van der Waals surface area contributed by atoms with Crippen molar-refractivity contribution in [2.45, 2.75) is 37.4 Å². The second kappa shape index (κ2) is 4.98. The zero-order chi connectivity index (χ0) is 15.1. The Balaban J connectivity index is 1.85. The van der Waals surface area contributed by atoms with E-state index in [-0.39, 0.29) is 12.8 Å². The molecule has 0 atom stereocenters. The number of nitrogens with zero attached hydrogens (tertiary/aromatic N) is 1. The standard InChI is InChI=1S/C16H17F3N2/c17-16(18,19)12-5-7-15(20,8-6-12)13-3-4-14-11(10-13)2-1-9-21-14/h1-4,9-10,12H,5-8,20H2. The van der Waals surface area contributed by atoms with Gasteiger partial charge in [-0.2, -0.15) is 13.2 Å². The van der Waals surface area contributed by atoms with Gasteiger partial charge in [-0.15, -0.1) is 0 Å². The molecule has 0 unspecified atom stereocenters. The van der Waals surface area contributed by atoms with Crippen LogP contribution in [0.2, 0.25) is 0 Å². The van der Waals surface area contributed by atoms with Crippen LogP contribution >= 0.6 is 0 Å². The molecule has 0 aliphatic heterocycles. The Morgan fingerprint density at radius 3 is 2.52 bits per heavy atom. The van der Waals surface area contributed by atoms with Crippen molar-refractivity contribution < 1.29 is 13.2 Å². The van der Waals surface area contributed by atoms with Gasteiger partial charge in [-0.05, 0) is 49.4 Å². The first kappa shape index (κ1) is 14.3. The van der Waals surface area contributed by atoms with Gasteiger partial charge in [-0.1, -0.05) is 12.1 Å². The summed E-state index contributed by atoms with van der Waals surface area (Å²) in [5.74, 6) is -1.21. The minimum atomic E-state index is -4.10. The zero-order valence-corrected chi connectivity index (χ0v) is 11.5. The fraction of sp³-hybridized carbons (Fsp3) is 0.438. The summed E-state index contributed by atoms with van der Waals surface area (Å²) >= 11 is 0. The second-order valence-electron chi connectivity index (χ2n) is 5.88. The Hall–Kier alpha value is -1.62. The number of nitrogens with two attached hydrogens (primary N) is 1. The molecule has 0 amide bonds. The molecule has 0 spiro atoms. The molecular weight excluding hydrogens is 277 g/mol. The van der Waals surface area contributed by atoms with E-state index in [1.54, 1.807) is 6.20 Å². The van der Waals surface area contributed by atoms with Crippen LogP contribution in [-0.4, -0.2) is 11.2 Å². The number of rotatable bonds is 1. The SMILES string of the molecule is NC1(c2ccc3ncccc3c2)CCC(C(F)(F)F)CC1. The van der Waals surface area contributed by atoms with Gasteiger partial charge in [0.25, 0.3) is 0 Å². The lowest BCUT2D eigenvalue weighted by Crippen LogP contribution is -2.43. The first-order valence-corrected chi connectivity index (χ1v) is 7.09. The van der Waals surface area contributed by atoms with Crippen LogP contribution in [0.5, 0.6) is 0 Å². The number of aromatic nitrogens is 1. The highest BCUT2D eigenvalue weighted by Gasteiger charge is 2.45. The molecule has 1 aromatic carbocycles. The molecule has 0 bridgehead atoms. The van der Waals surface area contributed by atoms with Gasteiger partial charge in [0.2, 0.25) is 0 Å². The van der Waals surface area contributed by atoms with Crippen LogP contribution in [0.1, 0.15) is 31.2 Å². The lowest BCUT2D eigenvalue weighted by Gasteiger charge is -2.38. The van der Waals surface area contributed by atoms with Crippen molar-refractivity contribution in [2.75, 3.05) is 0 Å². The van der Waals surface area contributed by atoms with E-state index in [4.69, 9.17) is 5.73 Å². The van der Waals surface area contributed by atoms with Gasteiger partial charge in [0, 0.05) is 17.1 Å². The number of fused-ring (bicyclic) bond motifs is 1. The van der Waals surface area contributed by atoms with E-state index >= 15 is 0 Å². The fourth-order valence-electron chi connectivity index (χ4n) is 3.13. The van der Waals surface area contributed by atoms with Crippen LogP contribution in [0, 0.1) is 5.92 Å². The lowest BCUT2D eigenvalue weighted by molar-refractivity contribution is -0.184. The van der Waals surface area contributed by atoms with Crippen molar-refractivity contribution in [2.24, 2.45) is 11.7 Å². The van der Waals surface area contributed by atoms with Gasteiger partial charge in [0.1, 0.15) is 0 Å². The summed E-state index contributed by atoms with van der Waals surface area (Å²) in [6.45, 7) is 0. The monoisotopic (exact) mass is 294 g/mol. The molecule has 0 radical (unpaired) electrons. The van der Waals surface area contributed by atoms with E-state index in [9.17, 15) is 13.2 Å². The smallest absolute Gasteiger partial charge is 0.321 e. The largest absolute Gasteiger partial charge is 0.391 e. The first-order valence-electron chi connectivity index (χ1n) is 7.09. The molecule has 2 nitrogen and oxygen atoms in total. The molecule has 112 valence electrons. The van der Waals surface area contributed by atoms with Crippen molar-refractivity contribution in [1.82, 2.24) is 4.98 Å². The summed E-state index contributed by atoms with van der Waals surface area (Å²) < 4.78 is 38.3. The summed E-state index contributed by atoms with van der Waals surface area (Å²) in [5, 5.41) is 0.970. The molecule has 1 saturated carbocycles. The van der Waals surface area contributed by atoms with E-state index in [1.807, 2.05) is 30.3 Å². The summed E-state index contributed by atoms with van der Waals surface area (Å²) in [7, 11) is 0. The minimum absolute atomic E-state index is 0.102. The Morgan fingerprint density at radius 1 is 1.14 bits per heavy atom. The summed E-state index contributed by atoms with van der Waals surface area (Å²) in [4.78, 5) is 4.24.